The quantitative estimate of drug-likeness (QED) is 0.534. The Labute approximate surface area is 144 Å². The summed E-state index contributed by atoms with van der Waals surface area (Å²) >= 11 is 0. The van der Waals surface area contributed by atoms with Gasteiger partial charge in [-0.1, -0.05) is 18.2 Å². The fraction of sp³-hybridized carbons (Fsp3) is 0.0500. The number of ketones is 1. The van der Waals surface area contributed by atoms with E-state index in [1.54, 1.807) is 54.1 Å². The molecule has 0 aliphatic heterocycles. The maximum atomic E-state index is 13.0. The van der Waals surface area contributed by atoms with Crippen molar-refractivity contribution in [3.05, 3.63) is 89.0 Å². The first-order valence-corrected chi connectivity index (χ1v) is 7.61. The average Bonchev–Trinajstić information content (AvgIpc) is 3.02. The van der Waals surface area contributed by atoms with Gasteiger partial charge in [0.25, 0.3) is 0 Å². The number of allylic oxidation sites excluding steroid dienone is 1. The highest BCUT2D eigenvalue weighted by Gasteiger charge is 2.13. The SMILES string of the molecule is Cc1c(C(=O)/C=C/c2ccc(C#N)cc2)cnn1-c1ccc(F)cc1. The van der Waals surface area contributed by atoms with E-state index in [2.05, 4.69) is 5.10 Å². The molecule has 0 saturated carbocycles. The van der Waals surface area contributed by atoms with Crippen molar-refractivity contribution in [2.24, 2.45) is 0 Å². The second kappa shape index (κ2) is 6.93. The Bertz CT molecular complexity index is 977. The van der Waals surface area contributed by atoms with E-state index in [1.165, 1.54) is 24.4 Å². The lowest BCUT2D eigenvalue weighted by Crippen LogP contribution is -2.01. The Kier molecular flexibility index (Phi) is 4.53. The largest absolute Gasteiger partial charge is 0.289 e. The second-order valence-corrected chi connectivity index (χ2v) is 5.46. The summed E-state index contributed by atoms with van der Waals surface area (Å²) in [7, 11) is 0. The van der Waals surface area contributed by atoms with E-state index in [-0.39, 0.29) is 11.6 Å². The number of rotatable bonds is 4. The maximum absolute atomic E-state index is 13.0. The fourth-order valence-electron chi connectivity index (χ4n) is 2.42. The molecule has 0 unspecified atom stereocenters. The number of nitrogens with zero attached hydrogens (tertiary/aromatic N) is 3. The summed E-state index contributed by atoms with van der Waals surface area (Å²) in [5, 5.41) is 13.0. The van der Waals surface area contributed by atoms with Gasteiger partial charge >= 0.3 is 0 Å². The van der Waals surface area contributed by atoms with Crippen LogP contribution in [0.4, 0.5) is 4.39 Å². The highest BCUT2D eigenvalue weighted by molar-refractivity contribution is 6.07. The van der Waals surface area contributed by atoms with E-state index in [0.717, 1.165) is 5.56 Å². The van der Waals surface area contributed by atoms with Crippen LogP contribution in [0, 0.1) is 24.1 Å². The predicted octanol–water partition coefficient (Wildman–Crippen LogP) is 4.09. The molecule has 3 aromatic rings. The zero-order valence-electron chi connectivity index (χ0n) is 13.5. The van der Waals surface area contributed by atoms with E-state index in [1.807, 2.05) is 6.07 Å². The Balaban J connectivity index is 1.82. The molecule has 0 N–H and O–H groups in total. The van der Waals surface area contributed by atoms with Gasteiger partial charge in [-0.15, -0.1) is 0 Å². The molecule has 0 atom stereocenters. The molecule has 4 nitrogen and oxygen atoms in total. The van der Waals surface area contributed by atoms with E-state index < -0.39 is 0 Å². The lowest BCUT2D eigenvalue weighted by atomic mass is 10.1. The van der Waals surface area contributed by atoms with Gasteiger partial charge < -0.3 is 0 Å². The van der Waals surface area contributed by atoms with Crippen LogP contribution in [0.2, 0.25) is 0 Å². The van der Waals surface area contributed by atoms with Crippen LogP contribution >= 0.6 is 0 Å². The van der Waals surface area contributed by atoms with Crippen molar-refractivity contribution in [2.75, 3.05) is 0 Å². The van der Waals surface area contributed by atoms with Gasteiger partial charge in [0, 0.05) is 0 Å². The molecule has 0 amide bonds. The minimum atomic E-state index is -0.324. The topological polar surface area (TPSA) is 58.7 Å². The van der Waals surface area contributed by atoms with Gasteiger partial charge in [-0.2, -0.15) is 10.4 Å². The van der Waals surface area contributed by atoms with Crippen molar-refractivity contribution in [1.29, 1.82) is 5.26 Å². The minimum Gasteiger partial charge on any atom is -0.289 e. The molecule has 5 heteroatoms. The van der Waals surface area contributed by atoms with Crippen LogP contribution in [0.5, 0.6) is 0 Å². The number of halogens is 1. The maximum Gasteiger partial charge on any atom is 0.189 e. The number of hydrogen-bond donors (Lipinski definition) is 0. The number of benzene rings is 2. The van der Waals surface area contributed by atoms with Gasteiger partial charge in [-0.3, -0.25) is 4.79 Å². The second-order valence-electron chi connectivity index (χ2n) is 5.46. The average molecular weight is 331 g/mol. The minimum absolute atomic E-state index is 0.171. The molecule has 0 saturated heterocycles. The first-order chi connectivity index (χ1) is 12.1. The highest BCUT2D eigenvalue weighted by atomic mass is 19.1. The molecule has 0 bridgehead atoms. The zero-order chi connectivity index (χ0) is 17.8. The molecule has 0 aliphatic rings. The number of hydrogen-bond acceptors (Lipinski definition) is 3. The molecule has 2 aromatic carbocycles. The van der Waals surface area contributed by atoms with Crippen molar-refractivity contribution >= 4 is 11.9 Å². The Morgan fingerprint density at radius 2 is 1.84 bits per heavy atom. The fourth-order valence-corrected chi connectivity index (χ4v) is 2.42. The van der Waals surface area contributed by atoms with Gasteiger partial charge in [0.1, 0.15) is 5.82 Å². The van der Waals surface area contributed by atoms with Gasteiger partial charge in [-0.05, 0) is 55.0 Å². The van der Waals surface area contributed by atoms with Crippen molar-refractivity contribution < 1.29 is 9.18 Å². The summed E-state index contributed by atoms with van der Waals surface area (Å²) < 4.78 is 14.6. The smallest absolute Gasteiger partial charge is 0.189 e. The summed E-state index contributed by atoms with van der Waals surface area (Å²) in [5.41, 5.74) is 3.25. The van der Waals surface area contributed by atoms with Crippen molar-refractivity contribution in [3.63, 3.8) is 0 Å². The Morgan fingerprint density at radius 1 is 1.16 bits per heavy atom. The molecule has 1 heterocycles. The molecular weight excluding hydrogens is 317 g/mol. The predicted molar refractivity (Wildman–Crippen MR) is 92.8 cm³/mol. The van der Waals surface area contributed by atoms with Crippen molar-refractivity contribution in [1.82, 2.24) is 9.78 Å². The molecular formula is C20H14FN3O. The summed E-state index contributed by atoms with van der Waals surface area (Å²) in [4.78, 5) is 12.4. The van der Waals surface area contributed by atoms with Crippen molar-refractivity contribution in [3.8, 4) is 11.8 Å². The number of carbonyl (C=O) groups is 1. The van der Waals surface area contributed by atoms with E-state index >= 15 is 0 Å². The van der Waals surface area contributed by atoms with E-state index in [9.17, 15) is 9.18 Å². The third-order valence-electron chi connectivity index (χ3n) is 3.81. The van der Waals surface area contributed by atoms with Crippen LogP contribution in [-0.2, 0) is 0 Å². The van der Waals surface area contributed by atoms with Gasteiger partial charge in [0.15, 0.2) is 5.78 Å². The molecule has 122 valence electrons. The number of carbonyl (C=O) groups excluding carboxylic acids is 1. The first kappa shape index (κ1) is 16.3. The summed E-state index contributed by atoms with van der Waals surface area (Å²) in [6, 6.07) is 14.9. The summed E-state index contributed by atoms with van der Waals surface area (Å²) in [5.74, 6) is -0.495. The van der Waals surface area contributed by atoms with Crippen LogP contribution in [0.25, 0.3) is 11.8 Å². The Morgan fingerprint density at radius 3 is 2.48 bits per heavy atom. The van der Waals surface area contributed by atoms with Crippen molar-refractivity contribution in [2.45, 2.75) is 6.92 Å². The molecule has 0 fully saturated rings. The molecule has 0 spiro atoms. The lowest BCUT2D eigenvalue weighted by molar-refractivity contribution is 0.104. The Hall–Kier alpha value is -3.52. The molecule has 0 radical (unpaired) electrons. The highest BCUT2D eigenvalue weighted by Crippen LogP contribution is 2.16. The van der Waals surface area contributed by atoms with Crippen LogP contribution in [-0.4, -0.2) is 15.6 Å². The lowest BCUT2D eigenvalue weighted by Gasteiger charge is -2.04. The van der Waals surface area contributed by atoms with E-state index in [0.29, 0.717) is 22.5 Å². The third kappa shape index (κ3) is 3.54. The van der Waals surface area contributed by atoms with Crippen LogP contribution in [0.3, 0.4) is 0 Å². The number of nitriles is 1. The molecule has 25 heavy (non-hydrogen) atoms. The van der Waals surface area contributed by atoms with Gasteiger partial charge in [-0.25, -0.2) is 9.07 Å². The van der Waals surface area contributed by atoms with Crippen LogP contribution < -0.4 is 0 Å². The zero-order valence-corrected chi connectivity index (χ0v) is 13.5. The molecule has 0 aliphatic carbocycles. The third-order valence-corrected chi connectivity index (χ3v) is 3.81. The van der Waals surface area contributed by atoms with Crippen LogP contribution in [0.15, 0.2) is 60.8 Å². The van der Waals surface area contributed by atoms with Crippen LogP contribution in [0.1, 0.15) is 27.2 Å². The standard InChI is InChI=1S/C20H14FN3O/c1-14-19(13-23-24(14)18-9-7-17(21)8-10-18)20(25)11-6-15-2-4-16(12-22)5-3-15/h2-11,13H,1H3/b11-6+. The summed E-state index contributed by atoms with van der Waals surface area (Å²) in [6.07, 6.45) is 4.67. The normalized spacial score (nSPS) is 10.8. The molecule has 3 rings (SSSR count). The molecule has 1 aromatic heterocycles. The van der Waals surface area contributed by atoms with Gasteiger partial charge in [0.2, 0.25) is 0 Å². The first-order valence-electron chi connectivity index (χ1n) is 7.61. The van der Waals surface area contributed by atoms with Gasteiger partial charge in [0.05, 0.1) is 34.8 Å². The summed E-state index contributed by atoms with van der Waals surface area (Å²) in [6.45, 7) is 1.79. The monoisotopic (exact) mass is 331 g/mol. The number of aromatic nitrogens is 2. The van der Waals surface area contributed by atoms with E-state index in [4.69, 9.17) is 5.26 Å².